The number of urea groups is 1. The van der Waals surface area contributed by atoms with Gasteiger partial charge >= 0.3 is 6.03 Å². The Morgan fingerprint density at radius 3 is 3.12 bits per heavy atom. The highest BCUT2D eigenvalue weighted by Gasteiger charge is 2.42. The Kier molecular flexibility index (Phi) is 4.76. The lowest BCUT2D eigenvalue weighted by atomic mass is 10.0. The van der Waals surface area contributed by atoms with Crippen molar-refractivity contribution in [3.05, 3.63) is 24.0 Å². The molecule has 3 amide bonds. The third-order valence-corrected chi connectivity index (χ3v) is 6.47. The number of aryl methyl sites for hydroxylation is 1. The van der Waals surface area contributed by atoms with Gasteiger partial charge in [-0.05, 0) is 38.0 Å². The number of fused-ring (bicyclic) bond motifs is 2. The van der Waals surface area contributed by atoms with Crippen molar-refractivity contribution in [3.8, 4) is 0 Å². The molecular weight excluding hydrogens is 350 g/mol. The fourth-order valence-electron chi connectivity index (χ4n) is 3.71. The summed E-state index contributed by atoms with van der Waals surface area (Å²) < 4.78 is 0. The highest BCUT2D eigenvalue weighted by molar-refractivity contribution is 8.00. The van der Waals surface area contributed by atoms with Crippen molar-refractivity contribution in [2.24, 2.45) is 0 Å². The number of aromatic nitrogens is 2. The van der Waals surface area contributed by atoms with Gasteiger partial charge in [-0.2, -0.15) is 11.8 Å². The van der Waals surface area contributed by atoms with Gasteiger partial charge in [0.15, 0.2) is 0 Å². The van der Waals surface area contributed by atoms with Gasteiger partial charge < -0.3 is 20.9 Å². The number of H-pyrrole nitrogens is 1. The van der Waals surface area contributed by atoms with Crippen molar-refractivity contribution in [1.29, 1.82) is 0 Å². The number of aromatic amines is 1. The molecule has 0 aliphatic carbocycles. The van der Waals surface area contributed by atoms with Gasteiger partial charge in [-0.15, -0.1) is 0 Å². The first-order chi connectivity index (χ1) is 12.6. The molecule has 0 saturated carbocycles. The number of carbonyl (C=O) groups is 2. The molecule has 0 spiro atoms. The average Bonchev–Trinajstić information content (AvgIpc) is 3.24. The Morgan fingerprint density at radius 2 is 2.23 bits per heavy atom. The van der Waals surface area contributed by atoms with Crippen LogP contribution >= 0.6 is 11.8 Å². The van der Waals surface area contributed by atoms with E-state index in [0.29, 0.717) is 11.7 Å². The quantitative estimate of drug-likeness (QED) is 0.462. The minimum atomic E-state index is -0.0471. The average molecular weight is 373 g/mol. The Labute approximate surface area is 156 Å². The molecule has 4 rings (SSSR count). The van der Waals surface area contributed by atoms with Crippen molar-refractivity contribution in [3.63, 3.8) is 0 Å². The largest absolute Gasteiger partial charge is 0.342 e. The van der Waals surface area contributed by atoms with Gasteiger partial charge in [-0.1, -0.05) is 6.42 Å². The summed E-state index contributed by atoms with van der Waals surface area (Å²) in [6.45, 7) is 1.91. The zero-order valence-electron chi connectivity index (χ0n) is 14.7. The Bertz CT molecular complexity index is 836. The minimum absolute atomic E-state index is 0.0355. The zero-order chi connectivity index (χ0) is 18.1. The van der Waals surface area contributed by atoms with Crippen LogP contribution in [0.2, 0.25) is 0 Å². The van der Waals surface area contributed by atoms with Gasteiger partial charge in [0.1, 0.15) is 5.82 Å². The van der Waals surface area contributed by atoms with Gasteiger partial charge in [0, 0.05) is 23.1 Å². The maximum Gasteiger partial charge on any atom is 0.315 e. The summed E-state index contributed by atoms with van der Waals surface area (Å²) in [5.41, 5.74) is 2.63. The molecule has 138 valence electrons. The lowest BCUT2D eigenvalue weighted by Gasteiger charge is -2.16. The number of unbranched alkanes of at least 4 members (excludes halogenated alkanes) is 1. The van der Waals surface area contributed by atoms with Crippen LogP contribution in [0.5, 0.6) is 0 Å². The summed E-state index contributed by atoms with van der Waals surface area (Å²) in [5, 5.41) is 9.37. The molecule has 3 unspecified atom stereocenters. The van der Waals surface area contributed by atoms with Crippen LogP contribution in [0.25, 0.3) is 11.0 Å². The molecule has 2 aromatic rings. The molecular formula is C18H23N5O2S. The highest BCUT2D eigenvalue weighted by atomic mass is 32.2. The monoisotopic (exact) mass is 373 g/mol. The van der Waals surface area contributed by atoms with E-state index in [2.05, 4.69) is 25.9 Å². The first kappa shape index (κ1) is 17.2. The number of nitrogens with zero attached hydrogens (tertiary/aromatic N) is 1. The van der Waals surface area contributed by atoms with Gasteiger partial charge in [-0.3, -0.25) is 4.79 Å². The van der Waals surface area contributed by atoms with Crippen LogP contribution in [-0.2, 0) is 4.79 Å². The van der Waals surface area contributed by atoms with Gasteiger partial charge in [0.05, 0.1) is 23.1 Å². The number of benzene rings is 1. The molecule has 2 fully saturated rings. The number of carbonyl (C=O) groups excluding carboxylic acids is 2. The number of hydrogen-bond donors (Lipinski definition) is 4. The number of imidazole rings is 1. The number of hydrogen-bond acceptors (Lipinski definition) is 4. The SMILES string of the molecule is Cc1nc2ccc(NC(=O)CCCCC3SCC4NC(=O)NC43)cc2[nH]1. The van der Waals surface area contributed by atoms with E-state index in [-0.39, 0.29) is 24.0 Å². The summed E-state index contributed by atoms with van der Waals surface area (Å²) in [6.07, 6.45) is 3.38. The number of thioether (sulfide) groups is 1. The summed E-state index contributed by atoms with van der Waals surface area (Å²) in [5.74, 6) is 1.88. The molecule has 0 bridgehead atoms. The van der Waals surface area contributed by atoms with Crippen LogP contribution in [0.15, 0.2) is 18.2 Å². The predicted molar refractivity (Wildman–Crippen MR) is 103 cm³/mol. The third-order valence-electron chi connectivity index (χ3n) is 4.96. The van der Waals surface area contributed by atoms with Gasteiger partial charge in [-0.25, -0.2) is 9.78 Å². The fourth-order valence-corrected chi connectivity index (χ4v) is 5.26. The summed E-state index contributed by atoms with van der Waals surface area (Å²) in [7, 11) is 0. The van der Waals surface area contributed by atoms with E-state index in [1.54, 1.807) is 0 Å². The molecule has 1 aromatic heterocycles. The van der Waals surface area contributed by atoms with E-state index in [1.807, 2.05) is 36.9 Å². The lowest BCUT2D eigenvalue weighted by Crippen LogP contribution is -2.36. The van der Waals surface area contributed by atoms with Crippen molar-refractivity contribution in [2.75, 3.05) is 11.1 Å². The van der Waals surface area contributed by atoms with Crippen LogP contribution in [-0.4, -0.2) is 45.0 Å². The van der Waals surface area contributed by atoms with Crippen molar-refractivity contribution in [2.45, 2.75) is 49.9 Å². The first-order valence-electron chi connectivity index (χ1n) is 9.03. The predicted octanol–water partition coefficient (Wildman–Crippen LogP) is 2.54. The van der Waals surface area contributed by atoms with E-state index < -0.39 is 0 Å². The highest BCUT2D eigenvalue weighted by Crippen LogP contribution is 2.33. The Balaban J connectivity index is 1.21. The van der Waals surface area contributed by atoms with E-state index in [9.17, 15) is 9.59 Å². The Hall–Kier alpha value is -2.22. The van der Waals surface area contributed by atoms with Gasteiger partial charge in [0.25, 0.3) is 0 Å². The number of rotatable bonds is 6. The van der Waals surface area contributed by atoms with Crippen molar-refractivity contribution >= 4 is 40.4 Å². The lowest BCUT2D eigenvalue weighted by molar-refractivity contribution is -0.116. The molecule has 3 atom stereocenters. The summed E-state index contributed by atoms with van der Waals surface area (Å²) in [6, 6.07) is 6.16. The number of amides is 3. The fraction of sp³-hybridized carbons (Fsp3) is 0.500. The maximum absolute atomic E-state index is 12.2. The molecule has 2 aliphatic heterocycles. The van der Waals surface area contributed by atoms with Crippen LogP contribution in [0.1, 0.15) is 31.5 Å². The Morgan fingerprint density at radius 1 is 1.35 bits per heavy atom. The molecule has 4 N–H and O–H groups in total. The van der Waals surface area contributed by atoms with Crippen molar-refractivity contribution < 1.29 is 9.59 Å². The topological polar surface area (TPSA) is 98.9 Å². The van der Waals surface area contributed by atoms with Crippen molar-refractivity contribution in [1.82, 2.24) is 20.6 Å². The number of anilines is 1. The van der Waals surface area contributed by atoms with E-state index >= 15 is 0 Å². The molecule has 3 heterocycles. The molecule has 0 radical (unpaired) electrons. The van der Waals surface area contributed by atoms with Crippen LogP contribution in [0.4, 0.5) is 10.5 Å². The molecule has 2 saturated heterocycles. The van der Waals surface area contributed by atoms with Crippen LogP contribution in [0, 0.1) is 6.92 Å². The molecule has 1 aromatic carbocycles. The minimum Gasteiger partial charge on any atom is -0.342 e. The second-order valence-electron chi connectivity index (χ2n) is 6.97. The smallest absolute Gasteiger partial charge is 0.315 e. The van der Waals surface area contributed by atoms with E-state index in [0.717, 1.165) is 47.6 Å². The number of nitrogens with one attached hydrogen (secondary N) is 4. The summed E-state index contributed by atoms with van der Waals surface area (Å²) in [4.78, 5) is 31.1. The molecule has 8 heteroatoms. The van der Waals surface area contributed by atoms with Crippen LogP contribution in [0.3, 0.4) is 0 Å². The third kappa shape index (κ3) is 3.65. The van der Waals surface area contributed by atoms with E-state index in [1.165, 1.54) is 0 Å². The second-order valence-corrected chi connectivity index (χ2v) is 8.24. The second kappa shape index (κ2) is 7.19. The molecule has 2 aliphatic rings. The van der Waals surface area contributed by atoms with Crippen LogP contribution < -0.4 is 16.0 Å². The normalized spacial score (nSPS) is 24.3. The van der Waals surface area contributed by atoms with Gasteiger partial charge in [0.2, 0.25) is 5.91 Å². The zero-order valence-corrected chi connectivity index (χ0v) is 15.5. The molecule has 7 nitrogen and oxygen atoms in total. The standard InChI is InChI=1S/C18H23N5O2S/c1-10-19-12-7-6-11(8-13(12)20-10)21-16(24)5-3-2-4-15-17-14(9-26-15)22-18(25)23-17/h6-8,14-15,17H,2-5,9H2,1H3,(H,19,20)(H,21,24)(H2,22,23,25). The summed E-state index contributed by atoms with van der Waals surface area (Å²) >= 11 is 1.91. The first-order valence-corrected chi connectivity index (χ1v) is 10.1. The molecule has 26 heavy (non-hydrogen) atoms. The maximum atomic E-state index is 12.2. The van der Waals surface area contributed by atoms with E-state index in [4.69, 9.17) is 0 Å².